The topological polar surface area (TPSA) is 59.0 Å². The molecule has 6 heteroatoms. The zero-order chi connectivity index (χ0) is 20.9. The number of aliphatic hydroxyl groups is 1. The molecule has 2 atom stereocenters. The van der Waals surface area contributed by atoms with Crippen LogP contribution in [0.1, 0.15) is 59.9 Å². The molecule has 0 aromatic heterocycles. The highest BCUT2D eigenvalue weighted by atomic mass is 28.4. The van der Waals surface area contributed by atoms with Gasteiger partial charge in [0, 0.05) is 0 Å². The van der Waals surface area contributed by atoms with Crippen LogP contribution in [0.15, 0.2) is 30.3 Å². The van der Waals surface area contributed by atoms with Gasteiger partial charge in [0.2, 0.25) is 8.32 Å². The van der Waals surface area contributed by atoms with E-state index in [1.54, 1.807) is 0 Å². The molecule has 0 radical (unpaired) electrons. The number of hydrogen-bond acceptors (Lipinski definition) is 4. The highest BCUT2D eigenvalue weighted by molar-refractivity contribution is 6.77. The summed E-state index contributed by atoms with van der Waals surface area (Å²) >= 11 is 0. The Morgan fingerprint density at radius 3 is 2.18 bits per heavy atom. The fourth-order valence-electron chi connectivity index (χ4n) is 4.71. The van der Waals surface area contributed by atoms with Crippen LogP contribution in [0.2, 0.25) is 16.6 Å². The normalized spacial score (nSPS) is 20.9. The number of likely N-dealkylation sites (tertiary alicyclic amines) is 1. The van der Waals surface area contributed by atoms with Gasteiger partial charge in [-0.2, -0.15) is 0 Å². The highest BCUT2D eigenvalue weighted by Crippen LogP contribution is 2.43. The summed E-state index contributed by atoms with van der Waals surface area (Å²) in [6.07, 6.45) is -0.0487. The second-order valence-electron chi connectivity index (χ2n) is 8.81. The zero-order valence-corrected chi connectivity index (χ0v) is 19.2. The van der Waals surface area contributed by atoms with Gasteiger partial charge in [0.05, 0.1) is 12.6 Å². The minimum absolute atomic E-state index is 0.0495. The summed E-state index contributed by atoms with van der Waals surface area (Å²) in [7, 11) is -2.03. The summed E-state index contributed by atoms with van der Waals surface area (Å²) in [5.74, 6) is 0. The molecule has 1 aromatic carbocycles. The van der Waals surface area contributed by atoms with Crippen LogP contribution in [-0.2, 0) is 15.8 Å². The summed E-state index contributed by atoms with van der Waals surface area (Å²) < 4.78 is 12.3. The number of piperidine rings is 1. The van der Waals surface area contributed by atoms with Crippen molar-refractivity contribution in [3.63, 3.8) is 0 Å². The van der Waals surface area contributed by atoms with Gasteiger partial charge in [-0.25, -0.2) is 4.79 Å². The molecule has 1 aliphatic heterocycles. The predicted octanol–water partition coefficient (Wildman–Crippen LogP) is 5.30. The van der Waals surface area contributed by atoms with E-state index in [9.17, 15) is 9.90 Å². The minimum Gasteiger partial charge on any atom is -0.444 e. The summed E-state index contributed by atoms with van der Waals surface area (Å²) in [6, 6.07) is 9.59. The third-order valence-electron chi connectivity index (χ3n) is 6.02. The molecule has 1 amide bonds. The average molecular weight is 408 g/mol. The standard InChI is InChI=1S/C22H37NO4Si/c1-16(2)28(17(3)4,18(5)6)27-20-12-13-21(24)23(14-20)22(25)26-15-19-10-8-7-9-11-19/h7-11,16-18,20-21,24H,12-15H2,1-6H3. The Balaban J connectivity index is 2.05. The predicted molar refractivity (Wildman–Crippen MR) is 114 cm³/mol. The van der Waals surface area contributed by atoms with E-state index < -0.39 is 20.6 Å². The van der Waals surface area contributed by atoms with Crippen LogP contribution in [0, 0.1) is 0 Å². The smallest absolute Gasteiger partial charge is 0.412 e. The van der Waals surface area contributed by atoms with Gasteiger partial charge in [0.15, 0.2) is 0 Å². The molecule has 1 aromatic rings. The van der Waals surface area contributed by atoms with Crippen molar-refractivity contribution in [2.45, 2.75) is 89.9 Å². The Morgan fingerprint density at radius 2 is 1.64 bits per heavy atom. The van der Waals surface area contributed by atoms with Crippen LogP contribution in [0.25, 0.3) is 0 Å². The van der Waals surface area contributed by atoms with E-state index in [-0.39, 0.29) is 12.7 Å². The number of hydrogen-bond donors (Lipinski definition) is 1. The lowest BCUT2D eigenvalue weighted by molar-refractivity contribution is -0.0564. The van der Waals surface area contributed by atoms with Gasteiger partial charge in [0.25, 0.3) is 0 Å². The van der Waals surface area contributed by atoms with Crippen molar-refractivity contribution in [2.24, 2.45) is 0 Å². The number of carbonyl (C=O) groups is 1. The Morgan fingerprint density at radius 1 is 1.07 bits per heavy atom. The van der Waals surface area contributed by atoms with Gasteiger partial charge >= 0.3 is 6.09 Å². The molecule has 0 aliphatic carbocycles. The lowest BCUT2D eigenvalue weighted by Gasteiger charge is -2.47. The van der Waals surface area contributed by atoms with Crippen LogP contribution >= 0.6 is 0 Å². The van der Waals surface area contributed by atoms with Gasteiger partial charge < -0.3 is 14.3 Å². The Kier molecular flexibility index (Phi) is 8.10. The van der Waals surface area contributed by atoms with E-state index >= 15 is 0 Å². The first-order chi connectivity index (χ1) is 13.2. The van der Waals surface area contributed by atoms with E-state index in [0.717, 1.165) is 12.0 Å². The van der Waals surface area contributed by atoms with Gasteiger partial charge in [-0.3, -0.25) is 4.90 Å². The molecule has 1 N–H and O–H groups in total. The molecule has 0 saturated carbocycles. The maximum Gasteiger partial charge on any atom is 0.412 e. The first-order valence-corrected chi connectivity index (χ1v) is 12.7. The maximum atomic E-state index is 12.6. The van der Waals surface area contributed by atoms with Crippen molar-refractivity contribution in [1.29, 1.82) is 0 Å². The van der Waals surface area contributed by atoms with Crippen molar-refractivity contribution in [2.75, 3.05) is 6.54 Å². The number of amides is 1. The molecule has 28 heavy (non-hydrogen) atoms. The second kappa shape index (κ2) is 9.90. The number of aliphatic hydroxyl groups excluding tert-OH is 1. The molecular weight excluding hydrogens is 370 g/mol. The number of benzene rings is 1. The first-order valence-electron chi connectivity index (χ1n) is 10.5. The Hall–Kier alpha value is -1.37. The summed E-state index contributed by atoms with van der Waals surface area (Å²) in [5.41, 5.74) is 2.38. The van der Waals surface area contributed by atoms with E-state index in [0.29, 0.717) is 29.6 Å². The van der Waals surface area contributed by atoms with Crippen LogP contribution in [0.3, 0.4) is 0 Å². The Bertz CT molecular complexity index is 598. The van der Waals surface area contributed by atoms with E-state index in [2.05, 4.69) is 41.5 Å². The molecule has 2 rings (SSSR count). The van der Waals surface area contributed by atoms with Gasteiger partial charge in [-0.05, 0) is 35.0 Å². The summed E-state index contributed by atoms with van der Waals surface area (Å²) in [4.78, 5) is 14.0. The quantitative estimate of drug-likeness (QED) is 0.623. The molecule has 1 saturated heterocycles. The van der Waals surface area contributed by atoms with Gasteiger partial charge in [-0.1, -0.05) is 71.9 Å². The molecule has 0 spiro atoms. The number of ether oxygens (including phenoxy) is 1. The van der Waals surface area contributed by atoms with Gasteiger partial charge in [0.1, 0.15) is 12.8 Å². The lowest BCUT2D eigenvalue weighted by atomic mass is 10.1. The van der Waals surface area contributed by atoms with E-state index in [4.69, 9.17) is 9.16 Å². The van der Waals surface area contributed by atoms with Crippen molar-refractivity contribution in [3.05, 3.63) is 35.9 Å². The molecule has 1 heterocycles. The van der Waals surface area contributed by atoms with Crippen LogP contribution in [0.4, 0.5) is 4.79 Å². The molecule has 2 unspecified atom stereocenters. The summed E-state index contributed by atoms with van der Waals surface area (Å²) in [6.45, 7) is 14.1. The highest BCUT2D eigenvalue weighted by Gasteiger charge is 2.47. The average Bonchev–Trinajstić information content (AvgIpc) is 2.65. The molecule has 1 aliphatic rings. The zero-order valence-electron chi connectivity index (χ0n) is 18.2. The van der Waals surface area contributed by atoms with Gasteiger partial charge in [-0.15, -0.1) is 0 Å². The third-order valence-corrected chi connectivity index (χ3v) is 12.2. The number of carbonyl (C=O) groups excluding carboxylic acids is 1. The summed E-state index contributed by atoms with van der Waals surface area (Å²) in [5, 5.41) is 10.4. The minimum atomic E-state index is -2.03. The van der Waals surface area contributed by atoms with Crippen molar-refractivity contribution >= 4 is 14.4 Å². The fourth-order valence-corrected chi connectivity index (χ4v) is 10.3. The van der Waals surface area contributed by atoms with E-state index in [1.165, 1.54) is 4.90 Å². The molecule has 5 nitrogen and oxygen atoms in total. The van der Waals surface area contributed by atoms with Crippen LogP contribution < -0.4 is 0 Å². The Labute approximate surface area is 171 Å². The van der Waals surface area contributed by atoms with Crippen molar-refractivity contribution < 1.29 is 19.1 Å². The third kappa shape index (κ3) is 5.16. The molecule has 158 valence electrons. The van der Waals surface area contributed by atoms with Crippen molar-refractivity contribution in [1.82, 2.24) is 4.90 Å². The van der Waals surface area contributed by atoms with Crippen LogP contribution in [0.5, 0.6) is 0 Å². The first kappa shape index (κ1) is 22.9. The molecule has 1 fully saturated rings. The monoisotopic (exact) mass is 407 g/mol. The lowest BCUT2D eigenvalue weighted by Crippen LogP contribution is -2.56. The van der Waals surface area contributed by atoms with E-state index in [1.807, 2.05) is 30.3 Å². The molecular formula is C22H37NO4Si. The number of rotatable bonds is 7. The fraction of sp³-hybridized carbons (Fsp3) is 0.682. The SMILES string of the molecule is CC(C)[Si](OC1CCC(O)N(C(=O)OCc2ccccc2)C1)(C(C)C)C(C)C. The second-order valence-corrected chi connectivity index (χ2v) is 14.2. The van der Waals surface area contributed by atoms with Crippen LogP contribution in [-0.4, -0.2) is 43.3 Å². The molecule has 0 bridgehead atoms. The van der Waals surface area contributed by atoms with Crippen molar-refractivity contribution in [3.8, 4) is 0 Å². The largest absolute Gasteiger partial charge is 0.444 e. The number of nitrogens with zero attached hydrogens (tertiary/aromatic N) is 1. The maximum absolute atomic E-state index is 12.6.